The Labute approximate surface area is 122 Å². The van der Waals surface area contributed by atoms with Crippen LogP contribution in [-0.2, 0) is 0 Å². The molecule has 1 unspecified atom stereocenters. The van der Waals surface area contributed by atoms with Gasteiger partial charge < -0.3 is 5.73 Å². The highest BCUT2D eigenvalue weighted by atomic mass is 79.9. The molecule has 0 spiro atoms. The van der Waals surface area contributed by atoms with Gasteiger partial charge in [-0.2, -0.15) is 0 Å². The summed E-state index contributed by atoms with van der Waals surface area (Å²) < 4.78 is 15.4. The molecule has 2 N–H and O–H groups in total. The van der Waals surface area contributed by atoms with E-state index in [1.54, 1.807) is 18.2 Å². The molecule has 0 saturated heterocycles. The van der Waals surface area contributed by atoms with Gasteiger partial charge in [0.15, 0.2) is 0 Å². The minimum Gasteiger partial charge on any atom is -0.320 e. The van der Waals surface area contributed by atoms with Crippen molar-refractivity contribution in [3.8, 4) is 0 Å². The van der Waals surface area contributed by atoms with Crippen molar-refractivity contribution >= 4 is 31.9 Å². The Bertz CT molecular complexity index is 533. The standard InChI is InChI=1S/C14H12Br2FN/c1-8-4-2-5-9(12(8)16)14(18)10-6-3-7-11(15)13(10)17/h2-7,14H,18H2,1H3. The van der Waals surface area contributed by atoms with E-state index in [0.29, 0.717) is 10.0 Å². The molecule has 0 saturated carbocycles. The van der Waals surface area contributed by atoms with Gasteiger partial charge in [-0.25, -0.2) is 4.39 Å². The molecule has 0 aromatic heterocycles. The number of nitrogens with two attached hydrogens (primary N) is 1. The van der Waals surface area contributed by atoms with E-state index in [2.05, 4.69) is 31.9 Å². The first kappa shape index (κ1) is 13.7. The number of benzene rings is 2. The zero-order valence-corrected chi connectivity index (χ0v) is 12.9. The summed E-state index contributed by atoms with van der Waals surface area (Å²) in [5.41, 5.74) is 8.61. The molecule has 0 aliphatic carbocycles. The van der Waals surface area contributed by atoms with Gasteiger partial charge in [0, 0.05) is 10.0 Å². The first-order chi connectivity index (χ1) is 8.52. The molecule has 2 aromatic rings. The molecule has 0 heterocycles. The van der Waals surface area contributed by atoms with Crippen LogP contribution in [0.4, 0.5) is 4.39 Å². The lowest BCUT2D eigenvalue weighted by atomic mass is 9.98. The SMILES string of the molecule is Cc1cccc(C(N)c2cccc(Br)c2F)c1Br. The van der Waals surface area contributed by atoms with Crippen molar-refractivity contribution in [2.45, 2.75) is 13.0 Å². The van der Waals surface area contributed by atoms with E-state index in [0.717, 1.165) is 15.6 Å². The normalized spacial score (nSPS) is 12.5. The quantitative estimate of drug-likeness (QED) is 0.811. The van der Waals surface area contributed by atoms with Gasteiger partial charge in [-0.05, 0) is 40.0 Å². The molecule has 1 atom stereocenters. The lowest BCUT2D eigenvalue weighted by molar-refractivity contribution is 0.593. The summed E-state index contributed by atoms with van der Waals surface area (Å²) in [6, 6.07) is 10.5. The van der Waals surface area contributed by atoms with Gasteiger partial charge in [0.2, 0.25) is 0 Å². The van der Waals surface area contributed by atoms with E-state index >= 15 is 0 Å². The van der Waals surface area contributed by atoms with Crippen LogP contribution in [-0.4, -0.2) is 0 Å². The third-order valence-corrected chi connectivity index (χ3v) is 4.57. The Morgan fingerprint density at radius 1 is 1.06 bits per heavy atom. The molecular weight excluding hydrogens is 361 g/mol. The van der Waals surface area contributed by atoms with Gasteiger partial charge in [-0.1, -0.05) is 46.3 Å². The fraction of sp³-hybridized carbons (Fsp3) is 0.143. The number of halogens is 3. The summed E-state index contributed by atoms with van der Waals surface area (Å²) in [5, 5.41) is 0. The Morgan fingerprint density at radius 3 is 2.39 bits per heavy atom. The summed E-state index contributed by atoms with van der Waals surface area (Å²) in [7, 11) is 0. The third-order valence-electron chi connectivity index (χ3n) is 2.87. The first-order valence-corrected chi connectivity index (χ1v) is 7.05. The van der Waals surface area contributed by atoms with Crippen LogP contribution in [0.3, 0.4) is 0 Å². The third kappa shape index (κ3) is 2.51. The highest BCUT2D eigenvalue weighted by molar-refractivity contribution is 9.10. The maximum atomic E-state index is 14.0. The van der Waals surface area contributed by atoms with Crippen molar-refractivity contribution in [1.82, 2.24) is 0 Å². The van der Waals surface area contributed by atoms with Crippen LogP contribution in [0.1, 0.15) is 22.7 Å². The van der Waals surface area contributed by atoms with E-state index in [9.17, 15) is 4.39 Å². The van der Waals surface area contributed by atoms with Crippen LogP contribution >= 0.6 is 31.9 Å². The summed E-state index contributed by atoms with van der Waals surface area (Å²) in [6.07, 6.45) is 0. The fourth-order valence-corrected chi connectivity index (χ4v) is 2.73. The van der Waals surface area contributed by atoms with Gasteiger partial charge in [-0.15, -0.1) is 0 Å². The van der Waals surface area contributed by atoms with Crippen molar-refractivity contribution in [3.05, 3.63) is 67.9 Å². The number of hydrogen-bond acceptors (Lipinski definition) is 1. The van der Waals surface area contributed by atoms with Gasteiger partial charge in [-0.3, -0.25) is 0 Å². The van der Waals surface area contributed by atoms with Crippen molar-refractivity contribution in [2.75, 3.05) is 0 Å². The Hall–Kier alpha value is -0.710. The average Bonchev–Trinajstić information content (AvgIpc) is 2.35. The molecule has 0 radical (unpaired) electrons. The summed E-state index contributed by atoms with van der Waals surface area (Å²) >= 11 is 6.68. The highest BCUT2D eigenvalue weighted by Gasteiger charge is 2.18. The van der Waals surface area contributed by atoms with Crippen LogP contribution in [0.25, 0.3) is 0 Å². The van der Waals surface area contributed by atoms with Crippen molar-refractivity contribution in [1.29, 1.82) is 0 Å². The Morgan fingerprint density at radius 2 is 1.67 bits per heavy atom. The topological polar surface area (TPSA) is 26.0 Å². The molecular formula is C14H12Br2FN. The number of hydrogen-bond donors (Lipinski definition) is 1. The lowest BCUT2D eigenvalue weighted by Crippen LogP contribution is -2.14. The minimum atomic E-state index is -0.489. The second-order valence-corrected chi connectivity index (χ2v) is 5.75. The molecule has 2 rings (SSSR count). The van der Waals surface area contributed by atoms with Crippen LogP contribution in [0.2, 0.25) is 0 Å². The lowest BCUT2D eigenvalue weighted by Gasteiger charge is -2.16. The smallest absolute Gasteiger partial charge is 0.142 e. The van der Waals surface area contributed by atoms with E-state index in [1.165, 1.54) is 0 Å². The number of rotatable bonds is 2. The van der Waals surface area contributed by atoms with Gasteiger partial charge in [0.25, 0.3) is 0 Å². The van der Waals surface area contributed by atoms with E-state index in [-0.39, 0.29) is 5.82 Å². The first-order valence-electron chi connectivity index (χ1n) is 5.47. The predicted octanol–water partition coefficient (Wildman–Crippen LogP) is 4.71. The summed E-state index contributed by atoms with van der Waals surface area (Å²) in [6.45, 7) is 1.98. The molecule has 0 amide bonds. The molecule has 18 heavy (non-hydrogen) atoms. The van der Waals surface area contributed by atoms with E-state index in [1.807, 2.05) is 25.1 Å². The minimum absolute atomic E-state index is 0.307. The molecule has 0 aliphatic heterocycles. The van der Waals surface area contributed by atoms with Gasteiger partial charge in [0.05, 0.1) is 10.5 Å². The van der Waals surface area contributed by atoms with Crippen LogP contribution in [0, 0.1) is 12.7 Å². The predicted molar refractivity (Wildman–Crippen MR) is 79.0 cm³/mol. The van der Waals surface area contributed by atoms with E-state index < -0.39 is 6.04 Å². The molecule has 94 valence electrons. The number of aryl methyl sites for hydroxylation is 1. The summed E-state index contributed by atoms with van der Waals surface area (Å²) in [4.78, 5) is 0. The Balaban J connectivity index is 2.51. The van der Waals surface area contributed by atoms with Gasteiger partial charge in [0.1, 0.15) is 5.82 Å². The second-order valence-electron chi connectivity index (χ2n) is 4.10. The maximum absolute atomic E-state index is 14.0. The van der Waals surface area contributed by atoms with Crippen molar-refractivity contribution < 1.29 is 4.39 Å². The van der Waals surface area contributed by atoms with E-state index in [4.69, 9.17) is 5.73 Å². The average molecular weight is 373 g/mol. The van der Waals surface area contributed by atoms with Gasteiger partial charge >= 0.3 is 0 Å². The molecule has 4 heteroatoms. The Kier molecular flexibility index (Phi) is 4.20. The van der Waals surface area contributed by atoms with Crippen LogP contribution in [0.15, 0.2) is 45.3 Å². The zero-order valence-electron chi connectivity index (χ0n) is 9.75. The fourth-order valence-electron chi connectivity index (χ4n) is 1.84. The molecule has 2 aromatic carbocycles. The molecule has 1 nitrogen and oxygen atoms in total. The largest absolute Gasteiger partial charge is 0.320 e. The van der Waals surface area contributed by atoms with Crippen molar-refractivity contribution in [2.24, 2.45) is 5.73 Å². The molecule has 0 aliphatic rings. The highest BCUT2D eigenvalue weighted by Crippen LogP contribution is 2.32. The zero-order chi connectivity index (χ0) is 13.3. The maximum Gasteiger partial charge on any atom is 0.142 e. The van der Waals surface area contributed by atoms with Crippen LogP contribution in [0.5, 0.6) is 0 Å². The second kappa shape index (κ2) is 5.51. The monoisotopic (exact) mass is 371 g/mol. The van der Waals surface area contributed by atoms with Crippen LogP contribution < -0.4 is 5.73 Å². The summed E-state index contributed by atoms with van der Waals surface area (Å²) in [5.74, 6) is -0.307. The molecule has 0 bridgehead atoms. The molecule has 0 fully saturated rings. The van der Waals surface area contributed by atoms with Crippen molar-refractivity contribution in [3.63, 3.8) is 0 Å².